The van der Waals surface area contributed by atoms with Crippen molar-refractivity contribution in [3.63, 3.8) is 0 Å². The molecule has 1 rings (SSSR count). The summed E-state index contributed by atoms with van der Waals surface area (Å²) in [5, 5.41) is 10.3. The average molecular weight is 267 g/mol. The van der Waals surface area contributed by atoms with Crippen LogP contribution >= 0.6 is 0 Å². The van der Waals surface area contributed by atoms with Gasteiger partial charge in [-0.15, -0.1) is 0 Å². The maximum atomic E-state index is 11.5. The van der Waals surface area contributed by atoms with Gasteiger partial charge in [0.1, 0.15) is 12.2 Å². The van der Waals surface area contributed by atoms with Crippen molar-refractivity contribution in [1.82, 2.24) is 25.4 Å². The molecule has 2 N–H and O–H groups in total. The topological polar surface area (TPSA) is 71.8 Å². The Balaban J connectivity index is 2.16. The van der Waals surface area contributed by atoms with Crippen LogP contribution in [0.4, 0.5) is 0 Å². The van der Waals surface area contributed by atoms with Crippen LogP contribution in [0.5, 0.6) is 0 Å². The summed E-state index contributed by atoms with van der Waals surface area (Å²) in [7, 11) is 0. The second-order valence-electron chi connectivity index (χ2n) is 5.02. The highest BCUT2D eigenvalue weighted by Gasteiger charge is 2.04. The smallest absolute Gasteiger partial charge is 0.221 e. The monoisotopic (exact) mass is 267 g/mol. The molecular formula is C13H25N5O. The van der Waals surface area contributed by atoms with Crippen LogP contribution in [0.15, 0.2) is 6.33 Å². The summed E-state index contributed by atoms with van der Waals surface area (Å²) in [5.41, 5.74) is 0. The number of carbonyl (C=O) groups excluding carboxylic acids is 1. The van der Waals surface area contributed by atoms with Crippen molar-refractivity contribution in [2.75, 3.05) is 13.1 Å². The van der Waals surface area contributed by atoms with Gasteiger partial charge in [0, 0.05) is 26.1 Å². The molecule has 19 heavy (non-hydrogen) atoms. The normalized spacial score (nSPS) is 10.9. The molecule has 0 bridgehead atoms. The highest BCUT2D eigenvalue weighted by Crippen LogP contribution is 1.95. The van der Waals surface area contributed by atoms with Crippen molar-refractivity contribution in [1.29, 1.82) is 0 Å². The molecule has 0 radical (unpaired) electrons. The predicted octanol–water partition coefficient (Wildman–Crippen LogP) is 0.940. The van der Waals surface area contributed by atoms with Gasteiger partial charge in [-0.1, -0.05) is 20.8 Å². The highest BCUT2D eigenvalue weighted by molar-refractivity contribution is 5.76. The van der Waals surface area contributed by atoms with E-state index in [9.17, 15) is 4.79 Å². The molecule has 0 saturated heterocycles. The molecule has 0 atom stereocenters. The van der Waals surface area contributed by atoms with E-state index in [1.807, 2.05) is 4.68 Å². The van der Waals surface area contributed by atoms with E-state index in [4.69, 9.17) is 0 Å². The number of rotatable bonds is 9. The third-order valence-electron chi connectivity index (χ3n) is 2.65. The summed E-state index contributed by atoms with van der Waals surface area (Å²) in [6, 6.07) is 0. The largest absolute Gasteiger partial charge is 0.356 e. The van der Waals surface area contributed by atoms with E-state index in [1.165, 1.54) is 0 Å². The highest BCUT2D eigenvalue weighted by atomic mass is 16.1. The van der Waals surface area contributed by atoms with Crippen molar-refractivity contribution in [2.24, 2.45) is 5.92 Å². The standard InChI is InChI=1S/C13H25N5O/c1-4-7-18-12(16-10-17-18)9-14-6-5-13(19)15-8-11(2)3/h10-11,14H,4-9H2,1-3H3,(H,15,19). The Bertz CT molecular complexity index is 375. The second-order valence-corrected chi connectivity index (χ2v) is 5.02. The molecule has 6 heteroatoms. The van der Waals surface area contributed by atoms with Crippen LogP contribution in [0.25, 0.3) is 0 Å². The van der Waals surface area contributed by atoms with Gasteiger partial charge in [0.2, 0.25) is 5.91 Å². The number of amides is 1. The minimum Gasteiger partial charge on any atom is -0.356 e. The van der Waals surface area contributed by atoms with Crippen LogP contribution in [-0.2, 0) is 17.9 Å². The van der Waals surface area contributed by atoms with Gasteiger partial charge < -0.3 is 10.6 Å². The number of nitrogens with zero attached hydrogens (tertiary/aromatic N) is 3. The van der Waals surface area contributed by atoms with E-state index in [2.05, 4.69) is 41.5 Å². The molecule has 0 aromatic carbocycles. The molecule has 1 aromatic heterocycles. The maximum Gasteiger partial charge on any atom is 0.221 e. The lowest BCUT2D eigenvalue weighted by atomic mass is 10.2. The summed E-state index contributed by atoms with van der Waals surface area (Å²) >= 11 is 0. The van der Waals surface area contributed by atoms with Gasteiger partial charge >= 0.3 is 0 Å². The molecule has 0 aliphatic carbocycles. The lowest BCUT2D eigenvalue weighted by molar-refractivity contribution is -0.121. The zero-order valence-corrected chi connectivity index (χ0v) is 12.1. The zero-order valence-electron chi connectivity index (χ0n) is 12.1. The van der Waals surface area contributed by atoms with E-state index >= 15 is 0 Å². The quantitative estimate of drug-likeness (QED) is 0.653. The SMILES string of the molecule is CCCn1ncnc1CNCCC(=O)NCC(C)C. The molecule has 1 aromatic rings. The molecule has 0 saturated carbocycles. The van der Waals surface area contributed by atoms with E-state index in [-0.39, 0.29) is 5.91 Å². The van der Waals surface area contributed by atoms with Crippen molar-refractivity contribution in [2.45, 2.75) is 46.7 Å². The predicted molar refractivity (Wildman–Crippen MR) is 74.5 cm³/mol. The van der Waals surface area contributed by atoms with Crippen LogP contribution in [-0.4, -0.2) is 33.8 Å². The van der Waals surface area contributed by atoms with Crippen molar-refractivity contribution >= 4 is 5.91 Å². The fourth-order valence-corrected chi connectivity index (χ4v) is 1.63. The lowest BCUT2D eigenvalue weighted by Crippen LogP contribution is -2.30. The van der Waals surface area contributed by atoms with Crippen molar-refractivity contribution in [3.05, 3.63) is 12.2 Å². The summed E-state index contributed by atoms with van der Waals surface area (Å²) < 4.78 is 1.89. The number of nitrogens with one attached hydrogen (secondary N) is 2. The molecule has 1 heterocycles. The van der Waals surface area contributed by atoms with E-state index in [1.54, 1.807) is 6.33 Å². The van der Waals surface area contributed by atoms with E-state index in [0.29, 0.717) is 25.4 Å². The van der Waals surface area contributed by atoms with Gasteiger partial charge in [-0.2, -0.15) is 5.10 Å². The van der Waals surface area contributed by atoms with Crippen LogP contribution in [0.1, 0.15) is 39.4 Å². The molecule has 0 spiro atoms. The van der Waals surface area contributed by atoms with Crippen LogP contribution < -0.4 is 10.6 Å². The first-order valence-corrected chi connectivity index (χ1v) is 6.97. The number of aryl methyl sites for hydroxylation is 1. The minimum atomic E-state index is 0.0937. The van der Waals surface area contributed by atoms with E-state index < -0.39 is 0 Å². The fraction of sp³-hybridized carbons (Fsp3) is 0.769. The Hall–Kier alpha value is -1.43. The van der Waals surface area contributed by atoms with Crippen LogP contribution in [0, 0.1) is 5.92 Å². The molecular weight excluding hydrogens is 242 g/mol. The fourth-order valence-electron chi connectivity index (χ4n) is 1.63. The average Bonchev–Trinajstić information content (AvgIpc) is 2.80. The third kappa shape index (κ3) is 6.33. The molecule has 108 valence electrons. The summed E-state index contributed by atoms with van der Waals surface area (Å²) in [4.78, 5) is 15.7. The third-order valence-corrected chi connectivity index (χ3v) is 2.65. The van der Waals surface area contributed by atoms with Gasteiger partial charge in [0.05, 0.1) is 6.54 Å². The number of hydrogen-bond acceptors (Lipinski definition) is 4. The van der Waals surface area contributed by atoms with Crippen molar-refractivity contribution < 1.29 is 4.79 Å². The Kier molecular flexibility index (Phi) is 7.10. The van der Waals surface area contributed by atoms with Gasteiger partial charge in [0.15, 0.2) is 0 Å². The second kappa shape index (κ2) is 8.63. The Morgan fingerprint density at radius 1 is 1.47 bits per heavy atom. The first kappa shape index (κ1) is 15.6. The summed E-state index contributed by atoms with van der Waals surface area (Å²) in [6.45, 7) is 9.20. The van der Waals surface area contributed by atoms with Gasteiger partial charge in [-0.05, 0) is 12.3 Å². The molecule has 0 aliphatic heterocycles. The Morgan fingerprint density at radius 3 is 2.95 bits per heavy atom. The first-order chi connectivity index (χ1) is 9.13. The molecule has 0 unspecified atom stereocenters. The Morgan fingerprint density at radius 2 is 2.26 bits per heavy atom. The van der Waals surface area contributed by atoms with Gasteiger partial charge in [-0.25, -0.2) is 9.67 Å². The van der Waals surface area contributed by atoms with Crippen LogP contribution in [0.2, 0.25) is 0 Å². The van der Waals surface area contributed by atoms with Gasteiger partial charge in [-0.3, -0.25) is 4.79 Å². The number of aromatic nitrogens is 3. The van der Waals surface area contributed by atoms with Crippen molar-refractivity contribution in [3.8, 4) is 0 Å². The number of hydrogen-bond donors (Lipinski definition) is 2. The van der Waals surface area contributed by atoms with Crippen LogP contribution in [0.3, 0.4) is 0 Å². The molecule has 0 fully saturated rings. The molecule has 1 amide bonds. The Labute approximate surface area is 115 Å². The molecule has 6 nitrogen and oxygen atoms in total. The lowest BCUT2D eigenvalue weighted by Gasteiger charge is -2.08. The first-order valence-electron chi connectivity index (χ1n) is 6.97. The summed E-state index contributed by atoms with van der Waals surface area (Å²) in [6.07, 6.45) is 3.10. The van der Waals surface area contributed by atoms with E-state index in [0.717, 1.165) is 25.3 Å². The maximum absolute atomic E-state index is 11.5. The van der Waals surface area contributed by atoms with Gasteiger partial charge in [0.25, 0.3) is 0 Å². The molecule has 0 aliphatic rings. The minimum absolute atomic E-state index is 0.0937. The number of carbonyl (C=O) groups is 1. The zero-order chi connectivity index (χ0) is 14.1. The summed E-state index contributed by atoms with van der Waals surface area (Å²) in [5.74, 6) is 1.50.